The van der Waals surface area contributed by atoms with Crippen molar-refractivity contribution in [2.24, 2.45) is 0 Å². The van der Waals surface area contributed by atoms with Gasteiger partial charge in [0, 0.05) is 4.90 Å². The third-order valence-electron chi connectivity index (χ3n) is 2.46. The van der Waals surface area contributed by atoms with Crippen molar-refractivity contribution in [3.63, 3.8) is 0 Å². The molecule has 0 spiro atoms. The third-order valence-corrected chi connectivity index (χ3v) is 3.21. The van der Waals surface area contributed by atoms with E-state index in [1.807, 2.05) is 13.8 Å². The molecule has 0 saturated heterocycles. The maximum atomic E-state index is 2.25. The summed E-state index contributed by atoms with van der Waals surface area (Å²) in [6.07, 6.45) is 9.10. The van der Waals surface area contributed by atoms with Crippen LogP contribution in [-0.2, 0) is 0 Å². The molecule has 0 fully saturated rings. The van der Waals surface area contributed by atoms with Crippen molar-refractivity contribution in [1.29, 1.82) is 0 Å². The van der Waals surface area contributed by atoms with E-state index in [4.69, 9.17) is 0 Å². The summed E-state index contributed by atoms with van der Waals surface area (Å²) in [4.78, 5) is 1.33. The molecular formula is C17H32S. The summed E-state index contributed by atoms with van der Waals surface area (Å²) < 4.78 is 0. The fourth-order valence-corrected chi connectivity index (χ4v) is 1.76. The molecule has 0 N–H and O–H groups in total. The van der Waals surface area contributed by atoms with Gasteiger partial charge in [0.25, 0.3) is 0 Å². The van der Waals surface area contributed by atoms with Crippen molar-refractivity contribution in [3.05, 3.63) is 29.8 Å². The van der Waals surface area contributed by atoms with E-state index in [0.717, 1.165) is 0 Å². The number of benzene rings is 1. The number of unbranched alkanes of at least 4 members (excludes halogenated alkanes) is 4. The van der Waals surface area contributed by atoms with Gasteiger partial charge in [-0.05, 0) is 25.3 Å². The van der Waals surface area contributed by atoms with Gasteiger partial charge in [-0.1, -0.05) is 77.5 Å². The van der Waals surface area contributed by atoms with Gasteiger partial charge >= 0.3 is 0 Å². The number of hydrogen-bond acceptors (Lipinski definition) is 1. The lowest BCUT2D eigenvalue weighted by Gasteiger charge is -1.93. The SMILES string of the molecule is CC.CCCCCCC.CSc1ccc(C)cc1. The number of hydrogen-bond donors (Lipinski definition) is 0. The Balaban J connectivity index is 0. The van der Waals surface area contributed by atoms with E-state index in [9.17, 15) is 0 Å². The van der Waals surface area contributed by atoms with Crippen LogP contribution in [0.1, 0.15) is 65.4 Å². The number of rotatable bonds is 5. The highest BCUT2D eigenvalue weighted by molar-refractivity contribution is 7.98. The molecule has 0 aliphatic heterocycles. The van der Waals surface area contributed by atoms with E-state index >= 15 is 0 Å². The van der Waals surface area contributed by atoms with Gasteiger partial charge in [-0.15, -0.1) is 11.8 Å². The zero-order valence-electron chi connectivity index (χ0n) is 13.3. The highest BCUT2D eigenvalue weighted by Crippen LogP contribution is 2.13. The summed E-state index contributed by atoms with van der Waals surface area (Å²) in [7, 11) is 0. The van der Waals surface area contributed by atoms with Crippen LogP contribution in [0.4, 0.5) is 0 Å². The Morgan fingerprint density at radius 3 is 1.61 bits per heavy atom. The molecule has 1 rings (SSSR count). The van der Waals surface area contributed by atoms with Crippen molar-refractivity contribution < 1.29 is 0 Å². The Hall–Kier alpha value is -0.430. The lowest BCUT2D eigenvalue weighted by Crippen LogP contribution is -1.70. The summed E-state index contributed by atoms with van der Waals surface area (Å²) >= 11 is 1.78. The van der Waals surface area contributed by atoms with Crippen LogP contribution < -0.4 is 0 Å². The molecule has 1 aromatic carbocycles. The van der Waals surface area contributed by atoms with Crippen LogP contribution in [0.5, 0.6) is 0 Å². The fourth-order valence-electron chi connectivity index (χ4n) is 1.35. The van der Waals surface area contributed by atoms with Gasteiger partial charge in [-0.25, -0.2) is 0 Å². The molecule has 0 aliphatic rings. The number of aryl methyl sites for hydroxylation is 1. The second kappa shape index (κ2) is 16.6. The lowest BCUT2D eigenvalue weighted by atomic mass is 10.2. The molecule has 0 amide bonds. The zero-order valence-corrected chi connectivity index (χ0v) is 14.1. The molecule has 18 heavy (non-hydrogen) atoms. The quantitative estimate of drug-likeness (QED) is 0.422. The normalized spacial score (nSPS) is 8.78. The van der Waals surface area contributed by atoms with Crippen molar-refractivity contribution in [2.75, 3.05) is 6.26 Å². The molecule has 0 unspecified atom stereocenters. The number of thioether (sulfide) groups is 1. The minimum absolute atomic E-state index is 1.33. The van der Waals surface area contributed by atoms with Gasteiger partial charge in [0.2, 0.25) is 0 Å². The van der Waals surface area contributed by atoms with Crippen LogP contribution in [0.3, 0.4) is 0 Å². The van der Waals surface area contributed by atoms with Gasteiger partial charge in [0.05, 0.1) is 0 Å². The van der Waals surface area contributed by atoms with Crippen LogP contribution in [0.15, 0.2) is 29.2 Å². The molecule has 0 radical (unpaired) electrons. The van der Waals surface area contributed by atoms with Crippen molar-refractivity contribution in [1.82, 2.24) is 0 Å². The van der Waals surface area contributed by atoms with Crippen LogP contribution in [0, 0.1) is 6.92 Å². The summed E-state index contributed by atoms with van der Waals surface area (Å²) in [5.74, 6) is 0. The van der Waals surface area contributed by atoms with Crippen molar-refractivity contribution >= 4 is 11.8 Å². The first-order valence-electron chi connectivity index (χ1n) is 7.35. The fraction of sp³-hybridized carbons (Fsp3) is 0.647. The largest absolute Gasteiger partial charge is 0.130 e. The Labute approximate surface area is 120 Å². The molecule has 0 aliphatic carbocycles. The molecule has 0 bridgehead atoms. The van der Waals surface area contributed by atoms with Gasteiger partial charge in [-0.2, -0.15) is 0 Å². The average Bonchev–Trinajstić information content (AvgIpc) is 2.43. The molecule has 1 heteroatoms. The first-order chi connectivity index (χ1) is 8.74. The minimum Gasteiger partial charge on any atom is -0.130 e. The monoisotopic (exact) mass is 268 g/mol. The molecule has 106 valence electrons. The standard InChI is InChI=1S/C8H10S.C7H16.C2H6/c1-7-3-5-8(9-2)6-4-7;1-3-5-7-6-4-2;1-2/h3-6H,1-2H3;3-7H2,1-2H3;1-2H3. The Kier molecular flexibility index (Phi) is 18.3. The Bertz CT molecular complexity index is 234. The second-order valence-corrected chi connectivity index (χ2v) is 4.96. The maximum absolute atomic E-state index is 2.25. The van der Waals surface area contributed by atoms with Gasteiger partial charge < -0.3 is 0 Å². The minimum atomic E-state index is 1.33. The van der Waals surface area contributed by atoms with E-state index < -0.39 is 0 Å². The highest BCUT2D eigenvalue weighted by atomic mass is 32.2. The highest BCUT2D eigenvalue weighted by Gasteiger charge is 1.85. The van der Waals surface area contributed by atoms with E-state index in [1.165, 1.54) is 42.6 Å². The van der Waals surface area contributed by atoms with Crippen LogP contribution in [0.2, 0.25) is 0 Å². The molecule has 0 heterocycles. The smallest absolute Gasteiger partial charge is 0.00693 e. The predicted molar refractivity (Wildman–Crippen MR) is 88.7 cm³/mol. The lowest BCUT2D eigenvalue weighted by molar-refractivity contribution is 0.656. The van der Waals surface area contributed by atoms with Crippen molar-refractivity contribution in [2.45, 2.75) is 71.6 Å². The summed E-state index contributed by atoms with van der Waals surface area (Å²) in [5, 5.41) is 0. The van der Waals surface area contributed by atoms with E-state index in [1.54, 1.807) is 11.8 Å². The first kappa shape index (κ1) is 19.9. The predicted octanol–water partition coefficient (Wildman–Crippen LogP) is 6.72. The average molecular weight is 269 g/mol. The van der Waals surface area contributed by atoms with Gasteiger partial charge in [0.1, 0.15) is 0 Å². The van der Waals surface area contributed by atoms with E-state index in [0.29, 0.717) is 0 Å². The summed E-state index contributed by atoms with van der Waals surface area (Å²) in [6, 6.07) is 8.54. The topological polar surface area (TPSA) is 0 Å². The van der Waals surface area contributed by atoms with Gasteiger partial charge in [0.15, 0.2) is 0 Å². The molecule has 0 nitrogen and oxygen atoms in total. The Morgan fingerprint density at radius 1 is 0.833 bits per heavy atom. The molecular weight excluding hydrogens is 236 g/mol. The van der Waals surface area contributed by atoms with Crippen LogP contribution in [-0.4, -0.2) is 6.26 Å². The van der Waals surface area contributed by atoms with Crippen molar-refractivity contribution in [3.8, 4) is 0 Å². The Morgan fingerprint density at radius 2 is 1.28 bits per heavy atom. The maximum Gasteiger partial charge on any atom is 0.00693 e. The van der Waals surface area contributed by atoms with Crippen LogP contribution in [0.25, 0.3) is 0 Å². The van der Waals surface area contributed by atoms with Crippen LogP contribution >= 0.6 is 11.8 Å². The zero-order chi connectivity index (χ0) is 14.2. The third kappa shape index (κ3) is 13.6. The molecule has 1 aromatic rings. The van der Waals surface area contributed by atoms with Gasteiger partial charge in [-0.3, -0.25) is 0 Å². The molecule has 0 atom stereocenters. The molecule has 0 saturated carbocycles. The second-order valence-electron chi connectivity index (χ2n) is 4.08. The summed E-state index contributed by atoms with van der Waals surface area (Å²) in [6.45, 7) is 10.6. The first-order valence-corrected chi connectivity index (χ1v) is 8.57. The summed E-state index contributed by atoms with van der Waals surface area (Å²) in [5.41, 5.74) is 1.33. The van der Waals surface area contributed by atoms with E-state index in [2.05, 4.69) is 51.3 Å². The van der Waals surface area contributed by atoms with E-state index in [-0.39, 0.29) is 0 Å². The molecule has 0 aromatic heterocycles.